The van der Waals surface area contributed by atoms with E-state index < -0.39 is 44.0 Å². The first kappa shape index (κ1) is 11.3. The lowest BCUT2D eigenvalue weighted by atomic mass is 10.0. The van der Waals surface area contributed by atoms with Crippen LogP contribution in [0.15, 0.2) is 0 Å². The van der Waals surface area contributed by atoms with Gasteiger partial charge in [0.1, 0.15) is 18.3 Å². The fourth-order valence-corrected chi connectivity index (χ4v) is 0.782. The average molecular weight is 210 g/mol. The first-order chi connectivity index (χ1) is 6.95. The smallest absolute Gasteiger partial charge is 0.251 e. The second kappa shape index (κ2) is 5.89. The maximum atomic E-state index is 10.9. The molecule has 14 heavy (non-hydrogen) atoms. The standard InChI is InChI=1S/C7H15NO6/c1-8-7(14)6(13)5(12)4(11)3(10)2-9/h3-6,9-13H,2H2,1H3,(H,8,14)/t3-,4-,5+,6-/m1/s1/i1D. The van der Waals surface area contributed by atoms with Crippen molar-refractivity contribution in [2.45, 2.75) is 24.4 Å². The molecule has 7 nitrogen and oxygen atoms in total. The zero-order chi connectivity index (χ0) is 12.0. The average Bonchev–Trinajstić information content (AvgIpc) is 2.25. The van der Waals surface area contributed by atoms with E-state index in [0.717, 1.165) is 0 Å². The summed E-state index contributed by atoms with van der Waals surface area (Å²) in [6.07, 6.45) is -7.40. The Labute approximate surface area is 82.0 Å². The minimum atomic E-state index is -1.97. The third kappa shape index (κ3) is 3.20. The Morgan fingerprint density at radius 1 is 1.36 bits per heavy atom. The van der Waals surface area contributed by atoms with Crippen molar-refractivity contribution in [2.75, 3.05) is 13.6 Å². The number of hydrogen-bond acceptors (Lipinski definition) is 6. The van der Waals surface area contributed by atoms with E-state index >= 15 is 0 Å². The fraction of sp³-hybridized carbons (Fsp3) is 0.857. The van der Waals surface area contributed by atoms with Crippen molar-refractivity contribution in [1.29, 1.82) is 0 Å². The number of likely N-dealkylation sites (N-methyl/N-ethyl adjacent to an activating group) is 1. The van der Waals surface area contributed by atoms with Crippen LogP contribution in [0.4, 0.5) is 0 Å². The van der Waals surface area contributed by atoms with E-state index in [-0.39, 0.29) is 0 Å². The number of carbonyl (C=O) groups is 1. The summed E-state index contributed by atoms with van der Waals surface area (Å²) in [5, 5.41) is 46.7. The molecule has 0 saturated carbocycles. The molecule has 0 heterocycles. The van der Waals surface area contributed by atoms with Gasteiger partial charge in [-0.2, -0.15) is 0 Å². The summed E-state index contributed by atoms with van der Waals surface area (Å²) in [6, 6.07) is 0. The third-order valence-electron chi connectivity index (χ3n) is 1.70. The van der Waals surface area contributed by atoms with Crippen molar-refractivity contribution in [3.8, 4) is 0 Å². The molecule has 0 radical (unpaired) electrons. The minimum absolute atomic E-state index is 0.485. The summed E-state index contributed by atoms with van der Waals surface area (Å²) < 4.78 is 6.62. The Kier molecular flexibility index (Phi) is 4.77. The summed E-state index contributed by atoms with van der Waals surface area (Å²) in [5.41, 5.74) is 0. The molecular formula is C7H15NO6. The molecule has 0 aromatic heterocycles. The van der Waals surface area contributed by atoms with E-state index in [2.05, 4.69) is 0 Å². The zero-order valence-corrected chi connectivity index (χ0v) is 7.37. The van der Waals surface area contributed by atoms with Crippen molar-refractivity contribution in [2.24, 2.45) is 0 Å². The summed E-state index contributed by atoms with van der Waals surface area (Å²) in [4.78, 5) is 10.9. The van der Waals surface area contributed by atoms with Gasteiger partial charge in [-0.15, -0.1) is 0 Å². The Balaban J connectivity index is 4.29. The Morgan fingerprint density at radius 2 is 1.93 bits per heavy atom. The minimum Gasteiger partial charge on any atom is -0.394 e. The van der Waals surface area contributed by atoms with Gasteiger partial charge in [0, 0.05) is 8.39 Å². The molecule has 0 fully saturated rings. The fourth-order valence-electron chi connectivity index (χ4n) is 0.782. The van der Waals surface area contributed by atoms with Crippen LogP contribution in [0.2, 0.25) is 0 Å². The zero-order valence-electron chi connectivity index (χ0n) is 8.37. The summed E-state index contributed by atoms with van der Waals surface area (Å²) in [5.74, 6) is -1.04. The molecule has 0 aliphatic heterocycles. The predicted molar refractivity (Wildman–Crippen MR) is 45.2 cm³/mol. The highest BCUT2D eigenvalue weighted by Gasteiger charge is 2.33. The molecule has 0 aliphatic carbocycles. The monoisotopic (exact) mass is 210 g/mol. The number of hydrogen-bond donors (Lipinski definition) is 6. The molecule has 0 saturated heterocycles. The number of nitrogens with one attached hydrogen (secondary N) is 1. The first-order valence-corrected chi connectivity index (χ1v) is 3.85. The molecule has 0 aromatic carbocycles. The van der Waals surface area contributed by atoms with Crippen LogP contribution >= 0.6 is 0 Å². The summed E-state index contributed by atoms with van der Waals surface area (Å²) in [7, 11) is -0.485. The van der Waals surface area contributed by atoms with Gasteiger partial charge in [0.15, 0.2) is 6.10 Å². The number of amides is 1. The molecule has 0 unspecified atom stereocenters. The normalized spacial score (nSPS) is 20.5. The summed E-state index contributed by atoms with van der Waals surface area (Å²) >= 11 is 0. The number of aliphatic hydroxyl groups is 5. The van der Waals surface area contributed by atoms with Crippen LogP contribution < -0.4 is 5.32 Å². The molecule has 0 bridgehead atoms. The molecular weight excluding hydrogens is 194 g/mol. The molecule has 0 aromatic rings. The van der Waals surface area contributed by atoms with Crippen molar-refractivity contribution in [3.63, 3.8) is 0 Å². The van der Waals surface area contributed by atoms with E-state index in [4.69, 9.17) is 21.8 Å². The van der Waals surface area contributed by atoms with E-state index in [1.807, 2.05) is 5.32 Å². The van der Waals surface area contributed by atoms with Crippen LogP contribution in [0.3, 0.4) is 0 Å². The molecule has 0 aliphatic rings. The highest BCUT2D eigenvalue weighted by atomic mass is 16.4. The molecule has 0 rings (SSSR count). The van der Waals surface area contributed by atoms with Gasteiger partial charge >= 0.3 is 0 Å². The van der Waals surface area contributed by atoms with Gasteiger partial charge in [-0.05, 0) is 0 Å². The lowest BCUT2D eigenvalue weighted by molar-refractivity contribution is -0.148. The van der Waals surface area contributed by atoms with Crippen molar-refractivity contribution < 1.29 is 31.7 Å². The van der Waals surface area contributed by atoms with E-state index in [1.54, 1.807) is 0 Å². The van der Waals surface area contributed by atoms with Gasteiger partial charge in [0.05, 0.1) is 6.61 Å². The van der Waals surface area contributed by atoms with Crippen LogP contribution in [0, 0.1) is 0 Å². The lowest BCUT2D eigenvalue weighted by Gasteiger charge is -2.24. The molecule has 0 spiro atoms. The van der Waals surface area contributed by atoms with Crippen LogP contribution in [-0.4, -0.2) is 69.5 Å². The van der Waals surface area contributed by atoms with Crippen LogP contribution in [0.5, 0.6) is 0 Å². The third-order valence-corrected chi connectivity index (χ3v) is 1.70. The van der Waals surface area contributed by atoms with Crippen LogP contribution in [-0.2, 0) is 4.79 Å². The van der Waals surface area contributed by atoms with Crippen molar-refractivity contribution >= 4 is 5.91 Å². The number of rotatable bonds is 5. The molecule has 1 amide bonds. The van der Waals surface area contributed by atoms with E-state index in [0.29, 0.717) is 0 Å². The topological polar surface area (TPSA) is 130 Å². The second-order valence-electron chi connectivity index (χ2n) is 2.72. The maximum Gasteiger partial charge on any atom is 0.251 e. The first-order valence-electron chi connectivity index (χ1n) is 4.56. The maximum absolute atomic E-state index is 10.9. The van der Waals surface area contributed by atoms with Gasteiger partial charge in [-0.25, -0.2) is 0 Å². The van der Waals surface area contributed by atoms with Gasteiger partial charge < -0.3 is 30.8 Å². The largest absolute Gasteiger partial charge is 0.394 e. The Hall–Kier alpha value is -0.730. The van der Waals surface area contributed by atoms with Gasteiger partial charge in [-0.3, -0.25) is 4.79 Å². The van der Waals surface area contributed by atoms with Gasteiger partial charge in [0.25, 0.3) is 5.91 Å². The molecule has 7 heteroatoms. The lowest BCUT2D eigenvalue weighted by Crippen LogP contribution is -2.51. The molecule has 6 N–H and O–H groups in total. The number of aliphatic hydroxyl groups excluding tert-OH is 5. The Morgan fingerprint density at radius 3 is 2.36 bits per heavy atom. The summed E-state index contributed by atoms with van der Waals surface area (Å²) in [6.45, 7) is -0.814. The van der Waals surface area contributed by atoms with Crippen molar-refractivity contribution in [1.82, 2.24) is 5.32 Å². The van der Waals surface area contributed by atoms with Crippen LogP contribution in [0.1, 0.15) is 1.37 Å². The highest BCUT2D eigenvalue weighted by Crippen LogP contribution is 2.04. The van der Waals surface area contributed by atoms with E-state index in [1.165, 1.54) is 0 Å². The van der Waals surface area contributed by atoms with Gasteiger partial charge in [-0.1, -0.05) is 0 Å². The highest BCUT2D eigenvalue weighted by molar-refractivity contribution is 5.80. The Bertz CT molecular complexity index is 204. The molecule has 4 atom stereocenters. The number of carbonyl (C=O) groups excluding carboxylic acids is 1. The molecule has 84 valence electrons. The van der Waals surface area contributed by atoms with Gasteiger partial charge in [0.2, 0.25) is 0 Å². The SMILES string of the molecule is [2H]CNC(=O)[C@H](O)[C@@H](O)[C@H](O)[C@H](O)CO. The van der Waals surface area contributed by atoms with E-state index in [9.17, 15) is 9.90 Å². The van der Waals surface area contributed by atoms with Crippen LogP contribution in [0.25, 0.3) is 0 Å². The quantitative estimate of drug-likeness (QED) is 0.276. The van der Waals surface area contributed by atoms with Crippen molar-refractivity contribution in [3.05, 3.63) is 0 Å². The second-order valence-corrected chi connectivity index (χ2v) is 2.72. The predicted octanol–water partition coefficient (Wildman–Crippen LogP) is -3.83.